The maximum Gasteiger partial charge on any atom is 0.123 e. The molecule has 1 aromatic heterocycles. The van der Waals surface area contributed by atoms with Gasteiger partial charge in [-0.2, -0.15) is 0 Å². The molecular weight excluding hydrogens is 289 g/mol. The minimum Gasteiger partial charge on any atom is -0.278 e. The SMILES string of the molecule is CC1(C)Cc2ccc(F)cc2C(c2ccc3nccnc3c2)=N1. The molecule has 1 aliphatic rings. The molecule has 0 radical (unpaired) electrons. The van der Waals surface area contributed by atoms with Crippen molar-refractivity contribution in [2.75, 3.05) is 0 Å². The fourth-order valence-corrected chi connectivity index (χ4v) is 3.12. The minimum atomic E-state index is -0.239. The van der Waals surface area contributed by atoms with Gasteiger partial charge in [-0.3, -0.25) is 15.0 Å². The van der Waals surface area contributed by atoms with Crippen LogP contribution in [-0.4, -0.2) is 21.2 Å². The van der Waals surface area contributed by atoms with E-state index in [-0.39, 0.29) is 11.4 Å². The summed E-state index contributed by atoms with van der Waals surface area (Å²) in [4.78, 5) is 13.5. The number of hydrogen-bond acceptors (Lipinski definition) is 3. The van der Waals surface area contributed by atoms with Crippen molar-refractivity contribution >= 4 is 16.7 Å². The Labute approximate surface area is 133 Å². The van der Waals surface area contributed by atoms with E-state index >= 15 is 0 Å². The molecule has 4 heteroatoms. The smallest absolute Gasteiger partial charge is 0.123 e. The summed E-state index contributed by atoms with van der Waals surface area (Å²) in [5, 5.41) is 0. The first-order chi connectivity index (χ1) is 11.0. The largest absolute Gasteiger partial charge is 0.278 e. The van der Waals surface area contributed by atoms with Crippen LogP contribution in [0.2, 0.25) is 0 Å². The number of hydrogen-bond donors (Lipinski definition) is 0. The van der Waals surface area contributed by atoms with Crippen molar-refractivity contribution < 1.29 is 4.39 Å². The van der Waals surface area contributed by atoms with E-state index in [1.807, 2.05) is 24.3 Å². The Morgan fingerprint density at radius 1 is 0.957 bits per heavy atom. The third-order valence-corrected chi connectivity index (χ3v) is 4.11. The number of rotatable bonds is 1. The topological polar surface area (TPSA) is 38.1 Å². The van der Waals surface area contributed by atoms with Gasteiger partial charge < -0.3 is 0 Å². The molecular formula is C19H16FN3. The van der Waals surface area contributed by atoms with Crippen molar-refractivity contribution in [1.82, 2.24) is 9.97 Å². The molecule has 2 heterocycles. The van der Waals surface area contributed by atoms with E-state index in [2.05, 4.69) is 23.8 Å². The van der Waals surface area contributed by atoms with Crippen LogP contribution < -0.4 is 0 Å². The van der Waals surface area contributed by atoms with Crippen molar-refractivity contribution in [2.45, 2.75) is 25.8 Å². The van der Waals surface area contributed by atoms with Crippen molar-refractivity contribution in [3.05, 3.63) is 71.3 Å². The van der Waals surface area contributed by atoms with Crippen LogP contribution in [0, 0.1) is 5.82 Å². The number of fused-ring (bicyclic) bond motifs is 2. The van der Waals surface area contributed by atoms with Crippen LogP contribution in [-0.2, 0) is 6.42 Å². The molecule has 3 aromatic rings. The lowest BCUT2D eigenvalue weighted by Crippen LogP contribution is -2.29. The van der Waals surface area contributed by atoms with Crippen LogP contribution in [0.5, 0.6) is 0 Å². The van der Waals surface area contributed by atoms with Crippen LogP contribution in [0.1, 0.15) is 30.5 Å². The molecule has 114 valence electrons. The zero-order valence-electron chi connectivity index (χ0n) is 13.0. The molecule has 0 aliphatic carbocycles. The highest BCUT2D eigenvalue weighted by molar-refractivity contribution is 6.15. The fourth-order valence-electron chi connectivity index (χ4n) is 3.12. The molecule has 0 spiro atoms. The first kappa shape index (κ1) is 14.0. The molecule has 23 heavy (non-hydrogen) atoms. The first-order valence-corrected chi connectivity index (χ1v) is 7.62. The Kier molecular flexibility index (Phi) is 3.01. The maximum atomic E-state index is 13.8. The third kappa shape index (κ3) is 2.50. The zero-order chi connectivity index (χ0) is 16.0. The minimum absolute atomic E-state index is 0.211. The lowest BCUT2D eigenvalue weighted by Gasteiger charge is -2.29. The summed E-state index contributed by atoms with van der Waals surface area (Å²) in [7, 11) is 0. The molecule has 0 saturated heterocycles. The lowest BCUT2D eigenvalue weighted by atomic mass is 9.85. The average molecular weight is 305 g/mol. The molecule has 0 fully saturated rings. The summed E-state index contributed by atoms with van der Waals surface area (Å²) >= 11 is 0. The van der Waals surface area contributed by atoms with Gasteiger partial charge in [0.05, 0.1) is 22.3 Å². The van der Waals surface area contributed by atoms with Gasteiger partial charge in [-0.05, 0) is 50.1 Å². The monoisotopic (exact) mass is 305 g/mol. The first-order valence-electron chi connectivity index (χ1n) is 7.62. The Hall–Kier alpha value is -2.62. The van der Waals surface area contributed by atoms with Gasteiger partial charge in [0.15, 0.2) is 0 Å². The predicted molar refractivity (Wildman–Crippen MR) is 89.4 cm³/mol. The molecule has 4 rings (SSSR count). The van der Waals surface area contributed by atoms with Gasteiger partial charge in [0, 0.05) is 23.5 Å². The Balaban J connectivity index is 1.94. The zero-order valence-corrected chi connectivity index (χ0v) is 13.0. The van der Waals surface area contributed by atoms with E-state index in [1.54, 1.807) is 18.5 Å². The molecule has 0 atom stereocenters. The Morgan fingerprint density at radius 3 is 2.57 bits per heavy atom. The molecule has 0 saturated carbocycles. The summed E-state index contributed by atoms with van der Waals surface area (Å²) in [6.45, 7) is 4.19. The number of aromatic nitrogens is 2. The van der Waals surface area contributed by atoms with Crippen molar-refractivity contribution in [1.29, 1.82) is 0 Å². The molecule has 0 unspecified atom stereocenters. The van der Waals surface area contributed by atoms with E-state index in [1.165, 1.54) is 6.07 Å². The number of aliphatic imine (C=N–C) groups is 1. The van der Waals surface area contributed by atoms with Crippen LogP contribution in [0.25, 0.3) is 11.0 Å². The van der Waals surface area contributed by atoms with Gasteiger partial charge in [-0.1, -0.05) is 12.1 Å². The second-order valence-corrected chi connectivity index (χ2v) is 6.51. The molecule has 1 aliphatic heterocycles. The van der Waals surface area contributed by atoms with Gasteiger partial charge in [-0.25, -0.2) is 4.39 Å². The van der Waals surface area contributed by atoms with Gasteiger partial charge in [-0.15, -0.1) is 0 Å². The maximum absolute atomic E-state index is 13.8. The van der Waals surface area contributed by atoms with Crippen molar-refractivity contribution in [2.24, 2.45) is 4.99 Å². The highest BCUT2D eigenvalue weighted by Gasteiger charge is 2.27. The quantitative estimate of drug-likeness (QED) is 0.683. The molecule has 0 bridgehead atoms. The van der Waals surface area contributed by atoms with Gasteiger partial charge in [0.2, 0.25) is 0 Å². The van der Waals surface area contributed by atoms with E-state index in [9.17, 15) is 4.39 Å². The summed E-state index contributed by atoms with van der Waals surface area (Å²) in [6, 6.07) is 10.8. The van der Waals surface area contributed by atoms with E-state index in [0.717, 1.165) is 39.9 Å². The molecule has 2 aromatic carbocycles. The Bertz CT molecular complexity index is 944. The van der Waals surface area contributed by atoms with Gasteiger partial charge >= 0.3 is 0 Å². The van der Waals surface area contributed by atoms with Gasteiger partial charge in [0.1, 0.15) is 5.82 Å². The number of halogens is 1. The molecule has 3 nitrogen and oxygen atoms in total. The van der Waals surface area contributed by atoms with Crippen LogP contribution in [0.3, 0.4) is 0 Å². The van der Waals surface area contributed by atoms with Crippen LogP contribution in [0.15, 0.2) is 53.8 Å². The normalized spacial score (nSPS) is 16.0. The third-order valence-electron chi connectivity index (χ3n) is 4.11. The Morgan fingerprint density at radius 2 is 1.74 bits per heavy atom. The summed E-state index contributed by atoms with van der Waals surface area (Å²) in [5.41, 5.74) is 5.20. The summed E-state index contributed by atoms with van der Waals surface area (Å²) in [6.07, 6.45) is 4.15. The second kappa shape index (κ2) is 4.95. The average Bonchev–Trinajstić information content (AvgIpc) is 2.53. The number of nitrogens with zero attached hydrogens (tertiary/aromatic N) is 3. The van der Waals surface area contributed by atoms with E-state index in [4.69, 9.17) is 4.99 Å². The highest BCUT2D eigenvalue weighted by atomic mass is 19.1. The molecule has 0 amide bonds. The van der Waals surface area contributed by atoms with Crippen molar-refractivity contribution in [3.63, 3.8) is 0 Å². The number of benzene rings is 2. The van der Waals surface area contributed by atoms with Crippen molar-refractivity contribution in [3.8, 4) is 0 Å². The van der Waals surface area contributed by atoms with Crippen LogP contribution in [0.4, 0.5) is 4.39 Å². The fraction of sp³-hybridized carbons (Fsp3) is 0.211. The lowest BCUT2D eigenvalue weighted by molar-refractivity contribution is 0.512. The molecule has 0 N–H and O–H groups in total. The summed E-state index contributed by atoms with van der Waals surface area (Å²) in [5.74, 6) is -0.239. The second-order valence-electron chi connectivity index (χ2n) is 6.51. The summed E-state index contributed by atoms with van der Waals surface area (Å²) < 4.78 is 13.8. The highest BCUT2D eigenvalue weighted by Crippen LogP contribution is 2.30. The van der Waals surface area contributed by atoms with Gasteiger partial charge in [0.25, 0.3) is 0 Å². The standard InChI is InChI=1S/C19H16FN3/c1-19(2)11-13-3-5-14(20)10-15(13)18(23-19)12-4-6-16-17(9-12)22-8-7-21-16/h3-10H,11H2,1-2H3. The predicted octanol–water partition coefficient (Wildman–Crippen LogP) is 3.94. The van der Waals surface area contributed by atoms with Crippen LogP contribution >= 0.6 is 0 Å². The van der Waals surface area contributed by atoms with E-state index in [0.29, 0.717) is 0 Å². The van der Waals surface area contributed by atoms with E-state index < -0.39 is 0 Å².